The topological polar surface area (TPSA) is 49.3 Å². The van der Waals surface area contributed by atoms with Gasteiger partial charge >= 0.3 is 5.97 Å². The lowest BCUT2D eigenvalue weighted by Crippen LogP contribution is -2.48. The summed E-state index contributed by atoms with van der Waals surface area (Å²) in [6, 6.07) is 0.514. The molecule has 1 aliphatic rings. The number of hydrogen-bond acceptors (Lipinski definition) is 2. The summed E-state index contributed by atoms with van der Waals surface area (Å²) in [5.41, 5.74) is 0.223. The molecule has 0 aromatic rings. The second kappa shape index (κ2) is 5.67. The molecule has 3 heteroatoms. The van der Waals surface area contributed by atoms with Crippen molar-refractivity contribution in [3.8, 4) is 0 Å². The van der Waals surface area contributed by atoms with E-state index in [-0.39, 0.29) is 11.5 Å². The minimum Gasteiger partial charge on any atom is -0.481 e. The normalized spacial score (nSPS) is 26.7. The van der Waals surface area contributed by atoms with Gasteiger partial charge < -0.3 is 10.4 Å². The van der Waals surface area contributed by atoms with E-state index in [1.54, 1.807) is 0 Å². The van der Waals surface area contributed by atoms with E-state index in [2.05, 4.69) is 26.1 Å². The van der Waals surface area contributed by atoms with Crippen molar-refractivity contribution in [1.29, 1.82) is 0 Å². The molecular formula is C13H25NO2. The third-order valence-electron chi connectivity index (χ3n) is 4.19. The highest BCUT2D eigenvalue weighted by atomic mass is 16.4. The molecule has 94 valence electrons. The van der Waals surface area contributed by atoms with Gasteiger partial charge in [0, 0.05) is 11.6 Å². The lowest BCUT2D eigenvalue weighted by atomic mass is 9.84. The molecule has 3 nitrogen and oxygen atoms in total. The Morgan fingerprint density at radius 3 is 2.12 bits per heavy atom. The van der Waals surface area contributed by atoms with Crippen LogP contribution in [0.3, 0.4) is 0 Å². The van der Waals surface area contributed by atoms with E-state index in [1.807, 2.05) is 0 Å². The highest BCUT2D eigenvalue weighted by molar-refractivity contribution is 5.70. The Balaban J connectivity index is 2.40. The van der Waals surface area contributed by atoms with Gasteiger partial charge in [-0.15, -0.1) is 0 Å². The van der Waals surface area contributed by atoms with Gasteiger partial charge in [-0.1, -0.05) is 13.8 Å². The average Bonchev–Trinajstić information content (AvgIpc) is 2.29. The summed E-state index contributed by atoms with van der Waals surface area (Å²) in [4.78, 5) is 10.8. The summed E-state index contributed by atoms with van der Waals surface area (Å²) in [6.45, 7) is 6.68. The maximum absolute atomic E-state index is 10.8. The molecule has 0 atom stereocenters. The fourth-order valence-electron chi connectivity index (χ4n) is 2.43. The second-order valence-corrected chi connectivity index (χ2v) is 5.30. The maximum atomic E-state index is 10.8. The number of nitrogens with one attached hydrogen (secondary N) is 1. The van der Waals surface area contributed by atoms with Crippen LogP contribution in [0.4, 0.5) is 0 Å². The third kappa shape index (κ3) is 3.48. The van der Waals surface area contributed by atoms with Crippen molar-refractivity contribution in [3.63, 3.8) is 0 Å². The van der Waals surface area contributed by atoms with Crippen molar-refractivity contribution >= 4 is 5.97 Å². The molecule has 1 rings (SSSR count). The van der Waals surface area contributed by atoms with Crippen LogP contribution in [0.2, 0.25) is 0 Å². The number of rotatable bonds is 5. The zero-order valence-corrected chi connectivity index (χ0v) is 10.8. The number of aliphatic carboxylic acids is 1. The molecule has 0 radical (unpaired) electrons. The predicted octanol–water partition coefficient (Wildman–Crippen LogP) is 2.80. The van der Waals surface area contributed by atoms with Crippen LogP contribution in [0.5, 0.6) is 0 Å². The molecule has 16 heavy (non-hydrogen) atoms. The van der Waals surface area contributed by atoms with Crippen LogP contribution in [0.25, 0.3) is 0 Å². The monoisotopic (exact) mass is 227 g/mol. The quantitative estimate of drug-likeness (QED) is 0.759. The highest BCUT2D eigenvalue weighted by Gasteiger charge is 2.29. The van der Waals surface area contributed by atoms with Gasteiger partial charge in [0.1, 0.15) is 0 Å². The number of carboxylic acids is 1. The zero-order valence-electron chi connectivity index (χ0n) is 10.8. The number of carbonyl (C=O) groups is 1. The summed E-state index contributed by atoms with van der Waals surface area (Å²) >= 11 is 0. The Bertz CT molecular complexity index is 228. The summed E-state index contributed by atoms with van der Waals surface area (Å²) in [5, 5.41) is 12.6. The fourth-order valence-corrected chi connectivity index (χ4v) is 2.43. The molecule has 0 saturated heterocycles. The van der Waals surface area contributed by atoms with E-state index < -0.39 is 5.97 Å². The Hall–Kier alpha value is -0.570. The van der Waals surface area contributed by atoms with Gasteiger partial charge in [0.05, 0.1) is 5.92 Å². The molecule has 1 fully saturated rings. The molecule has 0 heterocycles. The molecule has 0 bridgehead atoms. The highest BCUT2D eigenvalue weighted by Crippen LogP contribution is 2.27. The first-order chi connectivity index (χ1) is 7.50. The summed E-state index contributed by atoms with van der Waals surface area (Å²) in [7, 11) is 0. The molecule has 1 saturated carbocycles. The van der Waals surface area contributed by atoms with Crippen molar-refractivity contribution in [2.75, 3.05) is 0 Å². The first-order valence-electron chi connectivity index (χ1n) is 6.51. The Morgan fingerprint density at radius 2 is 1.75 bits per heavy atom. The zero-order chi connectivity index (χ0) is 12.2. The van der Waals surface area contributed by atoms with Crippen LogP contribution in [0.1, 0.15) is 59.3 Å². The smallest absolute Gasteiger partial charge is 0.306 e. The van der Waals surface area contributed by atoms with E-state index >= 15 is 0 Å². The van der Waals surface area contributed by atoms with E-state index in [9.17, 15) is 4.79 Å². The van der Waals surface area contributed by atoms with E-state index in [0.717, 1.165) is 38.5 Å². The van der Waals surface area contributed by atoms with Gasteiger partial charge in [-0.2, -0.15) is 0 Å². The molecule has 0 aromatic carbocycles. The van der Waals surface area contributed by atoms with Gasteiger partial charge in [-0.3, -0.25) is 4.79 Å². The molecule has 0 aromatic heterocycles. The van der Waals surface area contributed by atoms with Crippen LogP contribution in [-0.2, 0) is 4.79 Å². The lowest BCUT2D eigenvalue weighted by molar-refractivity contribution is -0.142. The number of carboxylic acid groups (broad SMARTS) is 1. The fraction of sp³-hybridized carbons (Fsp3) is 0.923. The standard InChI is InChI=1S/C13H25NO2/c1-4-13(3,5-2)14-11-8-6-10(7-9-11)12(15)16/h10-11,14H,4-9H2,1-3H3,(H,15,16). The van der Waals surface area contributed by atoms with Crippen LogP contribution in [-0.4, -0.2) is 22.7 Å². The molecule has 2 N–H and O–H groups in total. The minimum absolute atomic E-state index is 0.104. The summed E-state index contributed by atoms with van der Waals surface area (Å²) < 4.78 is 0. The van der Waals surface area contributed by atoms with Crippen LogP contribution in [0, 0.1) is 5.92 Å². The van der Waals surface area contributed by atoms with Crippen molar-refractivity contribution in [2.45, 2.75) is 70.9 Å². The van der Waals surface area contributed by atoms with E-state index in [1.165, 1.54) is 0 Å². The molecule has 0 amide bonds. The van der Waals surface area contributed by atoms with Crippen LogP contribution in [0.15, 0.2) is 0 Å². The van der Waals surface area contributed by atoms with Gasteiger partial charge in [0.2, 0.25) is 0 Å². The van der Waals surface area contributed by atoms with E-state index in [0.29, 0.717) is 6.04 Å². The molecule has 1 aliphatic carbocycles. The lowest BCUT2D eigenvalue weighted by Gasteiger charge is -2.36. The Kier molecular flexibility index (Phi) is 4.78. The minimum atomic E-state index is -0.618. The van der Waals surface area contributed by atoms with Gasteiger partial charge in [-0.05, 0) is 45.4 Å². The largest absolute Gasteiger partial charge is 0.481 e. The molecule has 0 unspecified atom stereocenters. The number of hydrogen-bond donors (Lipinski definition) is 2. The van der Waals surface area contributed by atoms with Gasteiger partial charge in [0.15, 0.2) is 0 Å². The average molecular weight is 227 g/mol. The van der Waals surface area contributed by atoms with Crippen LogP contribution < -0.4 is 5.32 Å². The van der Waals surface area contributed by atoms with Crippen molar-refractivity contribution < 1.29 is 9.90 Å². The Morgan fingerprint density at radius 1 is 1.25 bits per heavy atom. The molecule has 0 aliphatic heterocycles. The van der Waals surface area contributed by atoms with Gasteiger partial charge in [-0.25, -0.2) is 0 Å². The van der Waals surface area contributed by atoms with Crippen molar-refractivity contribution in [1.82, 2.24) is 5.32 Å². The SMILES string of the molecule is CCC(C)(CC)NC1CCC(C(=O)O)CC1. The molecular weight excluding hydrogens is 202 g/mol. The summed E-state index contributed by atoms with van der Waals surface area (Å²) in [5.74, 6) is -0.722. The summed E-state index contributed by atoms with van der Waals surface area (Å²) in [6.07, 6.45) is 5.93. The third-order valence-corrected chi connectivity index (χ3v) is 4.19. The van der Waals surface area contributed by atoms with Gasteiger partial charge in [0.25, 0.3) is 0 Å². The van der Waals surface area contributed by atoms with Crippen LogP contribution >= 0.6 is 0 Å². The molecule has 0 spiro atoms. The van der Waals surface area contributed by atoms with Crippen molar-refractivity contribution in [2.24, 2.45) is 5.92 Å². The van der Waals surface area contributed by atoms with Crippen molar-refractivity contribution in [3.05, 3.63) is 0 Å². The second-order valence-electron chi connectivity index (χ2n) is 5.30. The Labute approximate surface area is 98.6 Å². The maximum Gasteiger partial charge on any atom is 0.306 e. The predicted molar refractivity (Wildman–Crippen MR) is 65.5 cm³/mol. The first kappa shape index (κ1) is 13.5. The van der Waals surface area contributed by atoms with E-state index in [4.69, 9.17) is 5.11 Å². The first-order valence-corrected chi connectivity index (χ1v) is 6.51.